The standard InChI is InChI=1S/C25H37BrN4O4S/c1-8-20(18-12-22(33-6)23(34-7)13-19(18)26)28-25-24(11-17(4)14-27-25)35(31,32)30-10-9-29(5)15-21(30)16(2)3/h11-14,16,20-21H,8-10,15H2,1-7H3,(H,27,28)/t20-,21?/m1/s1. The first-order valence-electron chi connectivity index (χ1n) is 11.9. The molecule has 0 radical (unpaired) electrons. The van der Waals surface area contributed by atoms with Crippen LogP contribution in [0.4, 0.5) is 5.82 Å². The Balaban J connectivity index is 2.04. The van der Waals surface area contributed by atoms with E-state index in [9.17, 15) is 8.42 Å². The van der Waals surface area contributed by atoms with Gasteiger partial charge in [-0.15, -0.1) is 0 Å². The Labute approximate surface area is 218 Å². The molecular formula is C25H37BrN4O4S. The molecule has 35 heavy (non-hydrogen) atoms. The van der Waals surface area contributed by atoms with Crippen LogP contribution >= 0.6 is 15.9 Å². The number of piperazine rings is 1. The van der Waals surface area contributed by atoms with Crippen molar-refractivity contribution in [1.29, 1.82) is 0 Å². The number of anilines is 1. The number of hydrogen-bond acceptors (Lipinski definition) is 7. The van der Waals surface area contributed by atoms with Crippen molar-refractivity contribution in [3.05, 3.63) is 40.0 Å². The predicted molar refractivity (Wildman–Crippen MR) is 143 cm³/mol. The van der Waals surface area contributed by atoms with Crippen molar-refractivity contribution in [2.45, 2.75) is 51.1 Å². The van der Waals surface area contributed by atoms with Crippen LogP contribution in [0.15, 0.2) is 33.8 Å². The number of nitrogens with one attached hydrogen (secondary N) is 1. The van der Waals surface area contributed by atoms with Gasteiger partial charge in [0, 0.05) is 36.3 Å². The Morgan fingerprint density at radius 3 is 2.43 bits per heavy atom. The van der Waals surface area contributed by atoms with Gasteiger partial charge in [0.25, 0.3) is 0 Å². The molecule has 8 nitrogen and oxygen atoms in total. The van der Waals surface area contributed by atoms with Gasteiger partial charge in [-0.25, -0.2) is 13.4 Å². The molecule has 0 amide bonds. The van der Waals surface area contributed by atoms with Crippen molar-refractivity contribution < 1.29 is 17.9 Å². The minimum Gasteiger partial charge on any atom is -0.493 e. The van der Waals surface area contributed by atoms with E-state index >= 15 is 0 Å². The molecule has 0 saturated carbocycles. The molecule has 3 rings (SSSR count). The smallest absolute Gasteiger partial charge is 0.247 e. The summed E-state index contributed by atoms with van der Waals surface area (Å²) in [6.07, 6.45) is 2.40. The van der Waals surface area contributed by atoms with Crippen molar-refractivity contribution in [3.63, 3.8) is 0 Å². The predicted octanol–water partition coefficient (Wildman–Crippen LogP) is 4.69. The number of rotatable bonds is 9. The fourth-order valence-electron chi connectivity index (χ4n) is 4.45. The zero-order valence-electron chi connectivity index (χ0n) is 21.6. The molecule has 2 atom stereocenters. The topological polar surface area (TPSA) is 84.0 Å². The Kier molecular flexibility index (Phi) is 9.06. The SMILES string of the molecule is CC[C@@H](Nc1ncc(C)cc1S(=O)(=O)N1CCN(C)CC1C(C)C)c1cc(OC)c(OC)cc1Br. The summed E-state index contributed by atoms with van der Waals surface area (Å²) < 4.78 is 41.4. The van der Waals surface area contributed by atoms with Gasteiger partial charge in [0.15, 0.2) is 11.5 Å². The van der Waals surface area contributed by atoms with Gasteiger partial charge in [-0.05, 0) is 55.6 Å². The van der Waals surface area contributed by atoms with Crippen LogP contribution < -0.4 is 14.8 Å². The lowest BCUT2D eigenvalue weighted by Crippen LogP contribution is -2.56. The molecule has 0 aliphatic carbocycles. The van der Waals surface area contributed by atoms with Crippen LogP contribution in [0, 0.1) is 12.8 Å². The van der Waals surface area contributed by atoms with Gasteiger partial charge in [-0.3, -0.25) is 0 Å². The van der Waals surface area contributed by atoms with Crippen LogP contribution in [-0.4, -0.2) is 69.6 Å². The summed E-state index contributed by atoms with van der Waals surface area (Å²) in [7, 11) is 1.45. The monoisotopic (exact) mass is 568 g/mol. The molecule has 2 aromatic rings. The van der Waals surface area contributed by atoms with E-state index in [2.05, 4.69) is 45.0 Å². The van der Waals surface area contributed by atoms with E-state index < -0.39 is 10.0 Å². The van der Waals surface area contributed by atoms with Crippen molar-refractivity contribution in [3.8, 4) is 11.5 Å². The largest absolute Gasteiger partial charge is 0.493 e. The van der Waals surface area contributed by atoms with E-state index in [-0.39, 0.29) is 22.9 Å². The lowest BCUT2D eigenvalue weighted by molar-refractivity contribution is 0.129. The molecule has 0 bridgehead atoms. The van der Waals surface area contributed by atoms with E-state index in [4.69, 9.17) is 9.47 Å². The number of aromatic nitrogens is 1. The van der Waals surface area contributed by atoms with E-state index in [0.29, 0.717) is 43.4 Å². The lowest BCUT2D eigenvalue weighted by atomic mass is 10.0. The highest BCUT2D eigenvalue weighted by Crippen LogP contribution is 2.39. The van der Waals surface area contributed by atoms with E-state index in [1.807, 2.05) is 33.0 Å². The summed E-state index contributed by atoms with van der Waals surface area (Å²) in [5.41, 5.74) is 1.72. The molecule has 1 fully saturated rings. The summed E-state index contributed by atoms with van der Waals surface area (Å²) >= 11 is 3.64. The number of aryl methyl sites for hydroxylation is 1. The molecule has 1 saturated heterocycles. The van der Waals surface area contributed by atoms with Crippen LogP contribution in [0.5, 0.6) is 11.5 Å². The van der Waals surface area contributed by atoms with E-state index in [0.717, 1.165) is 15.6 Å². The third-order valence-electron chi connectivity index (χ3n) is 6.51. The van der Waals surface area contributed by atoms with Crippen molar-refractivity contribution in [2.24, 2.45) is 5.92 Å². The maximum Gasteiger partial charge on any atom is 0.247 e. The minimum absolute atomic E-state index is 0.103. The van der Waals surface area contributed by atoms with Gasteiger partial charge < -0.3 is 19.7 Å². The van der Waals surface area contributed by atoms with Gasteiger partial charge in [0.2, 0.25) is 10.0 Å². The van der Waals surface area contributed by atoms with Crippen LogP contribution in [0.25, 0.3) is 0 Å². The minimum atomic E-state index is -3.78. The summed E-state index contributed by atoms with van der Waals surface area (Å²) in [5.74, 6) is 1.76. The highest BCUT2D eigenvalue weighted by atomic mass is 79.9. The molecule has 1 aromatic heterocycles. The molecule has 1 N–H and O–H groups in total. The second kappa shape index (κ2) is 11.5. The number of sulfonamides is 1. The van der Waals surface area contributed by atoms with Crippen LogP contribution in [0.3, 0.4) is 0 Å². The van der Waals surface area contributed by atoms with E-state index in [1.165, 1.54) is 0 Å². The Bertz CT molecular complexity index is 1140. The number of hydrogen-bond donors (Lipinski definition) is 1. The molecule has 10 heteroatoms. The number of halogens is 1. The zero-order valence-corrected chi connectivity index (χ0v) is 24.0. The third kappa shape index (κ3) is 5.93. The quantitative estimate of drug-likeness (QED) is 0.469. The Hall–Kier alpha value is -1.88. The molecule has 1 aliphatic heterocycles. The van der Waals surface area contributed by atoms with Gasteiger partial charge in [0.05, 0.1) is 20.3 Å². The molecule has 1 aromatic carbocycles. The molecule has 0 spiro atoms. The maximum atomic E-state index is 14.0. The highest BCUT2D eigenvalue weighted by molar-refractivity contribution is 9.10. The van der Waals surface area contributed by atoms with Gasteiger partial charge in [-0.1, -0.05) is 36.7 Å². The molecule has 1 unspecified atom stereocenters. The zero-order chi connectivity index (χ0) is 25.9. The number of methoxy groups -OCH3 is 2. The molecular weight excluding hydrogens is 532 g/mol. The number of ether oxygens (including phenoxy) is 2. The van der Waals surface area contributed by atoms with Gasteiger partial charge in [0.1, 0.15) is 10.7 Å². The summed E-state index contributed by atoms with van der Waals surface area (Å²) in [6.45, 7) is 9.90. The van der Waals surface area contributed by atoms with Crippen LogP contribution in [0.1, 0.15) is 44.4 Å². The first-order valence-corrected chi connectivity index (χ1v) is 14.1. The molecule has 1 aliphatic rings. The van der Waals surface area contributed by atoms with Crippen LogP contribution in [-0.2, 0) is 10.0 Å². The van der Waals surface area contributed by atoms with Crippen molar-refractivity contribution in [1.82, 2.24) is 14.2 Å². The maximum absolute atomic E-state index is 14.0. The van der Waals surface area contributed by atoms with Gasteiger partial charge in [-0.2, -0.15) is 4.31 Å². The summed E-state index contributed by atoms with van der Waals surface area (Å²) in [6, 6.07) is 5.17. The van der Waals surface area contributed by atoms with Crippen molar-refractivity contribution >= 4 is 31.8 Å². The molecule has 194 valence electrons. The highest BCUT2D eigenvalue weighted by Gasteiger charge is 2.38. The second-order valence-corrected chi connectivity index (χ2v) is 12.1. The number of nitrogens with zero attached hydrogens (tertiary/aromatic N) is 3. The number of likely N-dealkylation sites (N-methyl/N-ethyl adjacent to an activating group) is 1. The Morgan fingerprint density at radius 1 is 1.17 bits per heavy atom. The first kappa shape index (κ1) is 27.7. The van der Waals surface area contributed by atoms with Gasteiger partial charge >= 0.3 is 0 Å². The summed E-state index contributed by atoms with van der Waals surface area (Å²) in [4.78, 5) is 6.94. The average molecular weight is 570 g/mol. The van der Waals surface area contributed by atoms with E-state index in [1.54, 1.807) is 30.8 Å². The normalized spacial score (nSPS) is 18.5. The summed E-state index contributed by atoms with van der Waals surface area (Å²) in [5, 5.41) is 3.41. The fourth-order valence-corrected chi connectivity index (χ4v) is 6.98. The van der Waals surface area contributed by atoms with Crippen LogP contribution in [0.2, 0.25) is 0 Å². The van der Waals surface area contributed by atoms with Crippen molar-refractivity contribution in [2.75, 3.05) is 46.2 Å². The number of benzene rings is 1. The lowest BCUT2D eigenvalue weighted by Gasteiger charge is -2.41. The average Bonchev–Trinajstić information content (AvgIpc) is 2.82. The molecule has 2 heterocycles. The second-order valence-electron chi connectivity index (χ2n) is 9.38. The number of pyridine rings is 1. The Morgan fingerprint density at radius 2 is 1.83 bits per heavy atom. The fraction of sp³-hybridized carbons (Fsp3) is 0.560. The third-order valence-corrected chi connectivity index (χ3v) is 9.14. The first-order chi connectivity index (χ1) is 16.5.